The molecular formula is C13H9N7O2. The van der Waals surface area contributed by atoms with Crippen molar-refractivity contribution in [2.24, 2.45) is 5.11 Å². The normalized spacial score (nSPS) is 10.4. The summed E-state index contributed by atoms with van der Waals surface area (Å²) >= 11 is 0. The zero-order chi connectivity index (χ0) is 15.5. The number of hydrogen-bond donors (Lipinski definition) is 0. The molecule has 0 spiro atoms. The first-order valence-electron chi connectivity index (χ1n) is 6.29. The zero-order valence-electron chi connectivity index (χ0n) is 11.2. The minimum absolute atomic E-state index is 0.0729. The molecule has 3 aromatic rings. The van der Waals surface area contributed by atoms with Crippen LogP contribution in [0, 0.1) is 10.1 Å². The van der Waals surface area contributed by atoms with Crippen molar-refractivity contribution in [3.63, 3.8) is 0 Å². The monoisotopic (exact) mass is 295 g/mol. The summed E-state index contributed by atoms with van der Waals surface area (Å²) < 4.78 is 1.60. The molecule has 9 nitrogen and oxygen atoms in total. The summed E-state index contributed by atoms with van der Waals surface area (Å²) in [7, 11) is 0. The van der Waals surface area contributed by atoms with Crippen LogP contribution in [0.2, 0.25) is 0 Å². The number of nitro benzene ring substituents is 1. The van der Waals surface area contributed by atoms with E-state index in [4.69, 9.17) is 5.53 Å². The Morgan fingerprint density at radius 2 is 2.14 bits per heavy atom. The first kappa shape index (κ1) is 13.5. The van der Waals surface area contributed by atoms with Crippen LogP contribution in [0.4, 0.5) is 11.4 Å². The van der Waals surface area contributed by atoms with Crippen LogP contribution in [-0.2, 0) is 6.54 Å². The predicted octanol–water partition coefficient (Wildman–Crippen LogP) is 3.33. The second kappa shape index (κ2) is 5.51. The van der Waals surface area contributed by atoms with Crippen molar-refractivity contribution in [2.45, 2.75) is 6.54 Å². The minimum Gasteiger partial charge on any atom is -0.258 e. The van der Waals surface area contributed by atoms with Gasteiger partial charge in [0, 0.05) is 22.7 Å². The van der Waals surface area contributed by atoms with Crippen LogP contribution < -0.4 is 0 Å². The molecule has 1 aromatic heterocycles. The number of azide groups is 1. The Morgan fingerprint density at radius 3 is 2.91 bits per heavy atom. The van der Waals surface area contributed by atoms with Crippen LogP contribution in [0.25, 0.3) is 21.5 Å². The molecule has 2 aromatic carbocycles. The van der Waals surface area contributed by atoms with E-state index in [9.17, 15) is 10.1 Å². The average Bonchev–Trinajstić information content (AvgIpc) is 2.92. The summed E-state index contributed by atoms with van der Waals surface area (Å²) in [4.78, 5) is 13.1. The molecule has 22 heavy (non-hydrogen) atoms. The standard InChI is InChI=1S/C13H9N7O2/c14-17-15-11-6-5-10(20(21)22)7-9(11)8-19-13-4-2-1-3-12(13)16-18-19/h1-7H,8H2. The van der Waals surface area contributed by atoms with Gasteiger partial charge >= 0.3 is 0 Å². The predicted molar refractivity (Wildman–Crippen MR) is 78.5 cm³/mol. The van der Waals surface area contributed by atoms with Crippen LogP contribution in [-0.4, -0.2) is 19.9 Å². The lowest BCUT2D eigenvalue weighted by Crippen LogP contribution is -2.03. The van der Waals surface area contributed by atoms with Crippen LogP contribution in [0.3, 0.4) is 0 Å². The molecule has 0 radical (unpaired) electrons. The van der Waals surface area contributed by atoms with Crippen molar-refractivity contribution < 1.29 is 4.92 Å². The lowest BCUT2D eigenvalue weighted by Gasteiger charge is -2.06. The molecule has 0 bridgehead atoms. The van der Waals surface area contributed by atoms with E-state index in [1.165, 1.54) is 18.2 Å². The number of benzene rings is 2. The van der Waals surface area contributed by atoms with E-state index in [2.05, 4.69) is 20.3 Å². The summed E-state index contributed by atoms with van der Waals surface area (Å²) in [5, 5.41) is 22.5. The summed E-state index contributed by atoms with van der Waals surface area (Å²) in [6, 6.07) is 11.5. The molecule has 0 unspecified atom stereocenters. The van der Waals surface area contributed by atoms with Crippen molar-refractivity contribution in [3.05, 3.63) is 68.6 Å². The van der Waals surface area contributed by atoms with Gasteiger partial charge in [-0.25, -0.2) is 4.68 Å². The van der Waals surface area contributed by atoms with Crippen molar-refractivity contribution >= 4 is 22.4 Å². The Morgan fingerprint density at radius 1 is 1.32 bits per heavy atom. The van der Waals surface area contributed by atoms with Gasteiger partial charge in [-0.2, -0.15) is 0 Å². The zero-order valence-corrected chi connectivity index (χ0v) is 11.2. The number of nitrogens with zero attached hydrogens (tertiary/aromatic N) is 7. The van der Waals surface area contributed by atoms with Gasteiger partial charge in [0.2, 0.25) is 0 Å². The van der Waals surface area contributed by atoms with E-state index < -0.39 is 4.92 Å². The highest BCUT2D eigenvalue weighted by Crippen LogP contribution is 2.26. The Labute approximate surface area is 123 Å². The SMILES string of the molecule is [N-]=[N+]=Nc1ccc([N+](=O)[O-])cc1Cn1nnc2ccccc21. The van der Waals surface area contributed by atoms with E-state index in [1.54, 1.807) is 4.68 Å². The van der Waals surface area contributed by atoms with Crippen LogP contribution in [0.15, 0.2) is 47.6 Å². The Hall–Kier alpha value is -3.45. The van der Waals surface area contributed by atoms with Crippen molar-refractivity contribution in [1.82, 2.24) is 15.0 Å². The molecule has 0 aliphatic rings. The smallest absolute Gasteiger partial charge is 0.258 e. The lowest BCUT2D eigenvalue weighted by molar-refractivity contribution is -0.384. The molecule has 9 heteroatoms. The molecule has 0 aliphatic carbocycles. The average molecular weight is 295 g/mol. The Bertz CT molecular complexity index is 912. The second-order valence-corrected chi connectivity index (χ2v) is 4.50. The van der Waals surface area contributed by atoms with Crippen LogP contribution in [0.1, 0.15) is 5.56 Å². The van der Waals surface area contributed by atoms with Crippen LogP contribution in [0.5, 0.6) is 0 Å². The van der Waals surface area contributed by atoms with E-state index in [-0.39, 0.29) is 12.2 Å². The number of rotatable bonds is 4. The van der Waals surface area contributed by atoms with Gasteiger partial charge in [-0.3, -0.25) is 10.1 Å². The third-order valence-electron chi connectivity index (χ3n) is 3.17. The molecule has 0 aliphatic heterocycles. The van der Waals surface area contributed by atoms with Gasteiger partial charge in [0.1, 0.15) is 5.52 Å². The largest absolute Gasteiger partial charge is 0.269 e. The molecule has 0 saturated carbocycles. The minimum atomic E-state index is -0.497. The number of aromatic nitrogens is 3. The third-order valence-corrected chi connectivity index (χ3v) is 3.17. The highest BCUT2D eigenvalue weighted by atomic mass is 16.6. The van der Waals surface area contributed by atoms with Gasteiger partial charge in [0.25, 0.3) is 5.69 Å². The lowest BCUT2D eigenvalue weighted by atomic mass is 10.1. The molecule has 0 saturated heterocycles. The molecule has 0 atom stereocenters. The quantitative estimate of drug-likeness (QED) is 0.241. The second-order valence-electron chi connectivity index (χ2n) is 4.50. The first-order chi connectivity index (χ1) is 10.7. The number of hydrogen-bond acceptors (Lipinski definition) is 5. The maximum Gasteiger partial charge on any atom is 0.269 e. The maximum absolute atomic E-state index is 10.9. The van der Waals surface area contributed by atoms with E-state index >= 15 is 0 Å². The van der Waals surface area contributed by atoms with E-state index in [1.807, 2.05) is 24.3 Å². The van der Waals surface area contributed by atoms with Gasteiger partial charge in [0.15, 0.2) is 0 Å². The van der Waals surface area contributed by atoms with Crippen molar-refractivity contribution in [1.29, 1.82) is 0 Å². The molecule has 0 amide bonds. The molecule has 108 valence electrons. The van der Waals surface area contributed by atoms with Gasteiger partial charge in [-0.15, -0.1) is 5.10 Å². The van der Waals surface area contributed by atoms with Gasteiger partial charge in [-0.05, 0) is 29.3 Å². The van der Waals surface area contributed by atoms with E-state index in [0.717, 1.165) is 11.0 Å². The molecule has 1 heterocycles. The van der Waals surface area contributed by atoms with E-state index in [0.29, 0.717) is 11.3 Å². The molecular weight excluding hydrogens is 286 g/mol. The maximum atomic E-state index is 10.9. The number of para-hydroxylation sites is 1. The van der Waals surface area contributed by atoms with Gasteiger partial charge < -0.3 is 0 Å². The molecule has 0 fully saturated rings. The van der Waals surface area contributed by atoms with Crippen molar-refractivity contribution in [2.75, 3.05) is 0 Å². The van der Waals surface area contributed by atoms with Gasteiger partial charge in [0.05, 0.1) is 17.0 Å². The number of non-ortho nitro benzene ring substituents is 1. The van der Waals surface area contributed by atoms with Crippen molar-refractivity contribution in [3.8, 4) is 0 Å². The molecule has 3 rings (SSSR count). The number of nitro groups is 1. The summed E-state index contributed by atoms with van der Waals surface area (Å²) in [5.74, 6) is 0. The first-order valence-corrected chi connectivity index (χ1v) is 6.29. The Balaban J connectivity index is 2.08. The summed E-state index contributed by atoms with van der Waals surface area (Å²) in [6.07, 6.45) is 0. The Kier molecular flexibility index (Phi) is 3.39. The topological polar surface area (TPSA) is 123 Å². The highest BCUT2D eigenvalue weighted by Gasteiger charge is 2.12. The fourth-order valence-electron chi connectivity index (χ4n) is 2.15. The van der Waals surface area contributed by atoms with Crippen LogP contribution >= 0.6 is 0 Å². The fraction of sp³-hybridized carbons (Fsp3) is 0.0769. The third kappa shape index (κ3) is 2.43. The molecule has 0 N–H and O–H groups in total. The fourth-order valence-corrected chi connectivity index (χ4v) is 2.15. The van der Waals surface area contributed by atoms with Gasteiger partial charge in [-0.1, -0.05) is 22.5 Å². The highest BCUT2D eigenvalue weighted by molar-refractivity contribution is 5.74. The summed E-state index contributed by atoms with van der Waals surface area (Å²) in [6.45, 7) is 0.219. The summed E-state index contributed by atoms with van der Waals surface area (Å²) in [5.41, 5.74) is 10.9. The number of fused-ring (bicyclic) bond motifs is 1.